The molecule has 0 unspecified atom stereocenters. The second-order valence-electron chi connectivity index (χ2n) is 4.65. The molecular formula is C11H13ClN2O2Si. The molecule has 0 fully saturated rings. The lowest BCUT2D eigenvalue weighted by Gasteiger charge is -2.05. The largest absolute Gasteiger partial charge is 0.397 e. The Morgan fingerprint density at radius 3 is 2.47 bits per heavy atom. The predicted molar refractivity (Wildman–Crippen MR) is 72.7 cm³/mol. The summed E-state index contributed by atoms with van der Waals surface area (Å²) in [4.78, 5) is 10.2. The van der Waals surface area contributed by atoms with Gasteiger partial charge >= 0.3 is 0 Å². The van der Waals surface area contributed by atoms with Gasteiger partial charge in [0.05, 0.1) is 21.2 Å². The van der Waals surface area contributed by atoms with E-state index in [0.29, 0.717) is 11.3 Å². The van der Waals surface area contributed by atoms with E-state index in [0.717, 1.165) is 0 Å². The van der Waals surface area contributed by atoms with E-state index in [-0.39, 0.29) is 10.7 Å². The number of rotatable bonds is 1. The number of nitro benzene ring substituents is 1. The van der Waals surface area contributed by atoms with Crippen molar-refractivity contribution in [2.24, 2.45) is 0 Å². The van der Waals surface area contributed by atoms with Crippen LogP contribution in [0.15, 0.2) is 12.1 Å². The third-order valence-corrected chi connectivity index (χ3v) is 3.08. The van der Waals surface area contributed by atoms with Gasteiger partial charge in [0.15, 0.2) is 0 Å². The SMILES string of the molecule is C[Si](C)(C)C#Cc1cc([N+](=O)[O-])cc(Cl)c1N. The fourth-order valence-electron chi connectivity index (χ4n) is 1.07. The Labute approximate surface area is 106 Å². The third kappa shape index (κ3) is 3.77. The quantitative estimate of drug-likeness (QED) is 0.280. The lowest BCUT2D eigenvalue weighted by molar-refractivity contribution is -0.384. The lowest BCUT2D eigenvalue weighted by Crippen LogP contribution is -2.16. The zero-order valence-corrected chi connectivity index (χ0v) is 11.6. The summed E-state index contributed by atoms with van der Waals surface area (Å²) in [7, 11) is -1.55. The van der Waals surface area contributed by atoms with Crippen LogP contribution in [0.2, 0.25) is 24.7 Å². The van der Waals surface area contributed by atoms with Gasteiger partial charge in [0.2, 0.25) is 0 Å². The number of anilines is 1. The molecule has 1 rings (SSSR count). The van der Waals surface area contributed by atoms with Crippen LogP contribution in [-0.4, -0.2) is 13.0 Å². The van der Waals surface area contributed by atoms with Gasteiger partial charge in [-0.1, -0.05) is 37.2 Å². The zero-order valence-electron chi connectivity index (χ0n) is 9.87. The highest BCUT2D eigenvalue weighted by atomic mass is 35.5. The first-order valence-corrected chi connectivity index (χ1v) is 8.85. The molecule has 0 saturated carbocycles. The normalized spacial score (nSPS) is 10.6. The molecular weight excluding hydrogens is 256 g/mol. The molecule has 2 N–H and O–H groups in total. The van der Waals surface area contributed by atoms with Crippen molar-refractivity contribution in [2.75, 3.05) is 5.73 Å². The van der Waals surface area contributed by atoms with Gasteiger partial charge in [0, 0.05) is 12.1 Å². The van der Waals surface area contributed by atoms with E-state index in [2.05, 4.69) is 31.1 Å². The van der Waals surface area contributed by atoms with Crippen LogP contribution in [0, 0.1) is 21.6 Å². The van der Waals surface area contributed by atoms with Crippen LogP contribution in [0.3, 0.4) is 0 Å². The second kappa shape index (κ2) is 4.78. The van der Waals surface area contributed by atoms with E-state index in [1.165, 1.54) is 12.1 Å². The molecule has 17 heavy (non-hydrogen) atoms. The Balaban J connectivity index is 3.32. The molecule has 0 aliphatic heterocycles. The van der Waals surface area contributed by atoms with Crippen molar-refractivity contribution in [3.8, 4) is 11.5 Å². The molecule has 0 aliphatic carbocycles. The average molecular weight is 269 g/mol. The van der Waals surface area contributed by atoms with E-state index in [1.54, 1.807) is 0 Å². The van der Waals surface area contributed by atoms with Gasteiger partial charge < -0.3 is 5.73 Å². The second-order valence-corrected chi connectivity index (χ2v) is 9.80. The summed E-state index contributed by atoms with van der Waals surface area (Å²) < 4.78 is 0. The first-order chi connectivity index (χ1) is 7.70. The topological polar surface area (TPSA) is 69.2 Å². The molecule has 0 bridgehead atoms. The minimum atomic E-state index is -1.55. The summed E-state index contributed by atoms with van der Waals surface area (Å²) in [6.07, 6.45) is 0. The molecule has 0 atom stereocenters. The summed E-state index contributed by atoms with van der Waals surface area (Å²) in [6.45, 7) is 6.24. The summed E-state index contributed by atoms with van der Waals surface area (Å²) in [6, 6.07) is 2.59. The molecule has 4 nitrogen and oxygen atoms in total. The highest BCUT2D eigenvalue weighted by Crippen LogP contribution is 2.28. The maximum Gasteiger partial charge on any atom is 0.272 e. The zero-order chi connectivity index (χ0) is 13.2. The highest BCUT2D eigenvalue weighted by Gasteiger charge is 2.13. The Kier molecular flexibility index (Phi) is 3.81. The van der Waals surface area contributed by atoms with E-state index in [4.69, 9.17) is 17.3 Å². The predicted octanol–water partition coefficient (Wildman–Crippen LogP) is 3.06. The molecule has 6 heteroatoms. The number of nitrogens with two attached hydrogens (primary N) is 1. The summed E-state index contributed by atoms with van der Waals surface area (Å²) >= 11 is 5.83. The van der Waals surface area contributed by atoms with Crippen molar-refractivity contribution in [3.63, 3.8) is 0 Å². The Bertz CT molecular complexity index is 527. The molecule has 0 aromatic heterocycles. The fourth-order valence-corrected chi connectivity index (χ4v) is 1.79. The van der Waals surface area contributed by atoms with Crippen molar-refractivity contribution in [1.82, 2.24) is 0 Å². The van der Waals surface area contributed by atoms with Crippen molar-refractivity contribution < 1.29 is 4.92 Å². The summed E-state index contributed by atoms with van der Waals surface area (Å²) in [5, 5.41) is 10.9. The van der Waals surface area contributed by atoms with E-state index >= 15 is 0 Å². The average Bonchev–Trinajstić information content (AvgIpc) is 2.18. The molecule has 0 aliphatic rings. The highest BCUT2D eigenvalue weighted by molar-refractivity contribution is 6.83. The Hall–Kier alpha value is -1.51. The van der Waals surface area contributed by atoms with Crippen LogP contribution < -0.4 is 5.73 Å². The number of hydrogen-bond donors (Lipinski definition) is 1. The van der Waals surface area contributed by atoms with E-state index in [9.17, 15) is 10.1 Å². The smallest absolute Gasteiger partial charge is 0.272 e. The number of non-ortho nitro benzene ring substituents is 1. The Morgan fingerprint density at radius 1 is 1.41 bits per heavy atom. The van der Waals surface area contributed by atoms with Crippen LogP contribution in [0.25, 0.3) is 0 Å². The number of benzene rings is 1. The standard InChI is InChI=1S/C11H13ClN2O2Si/c1-17(2,3)5-4-8-6-9(14(15)16)7-10(12)11(8)13/h6-7H,13H2,1-3H3. The van der Waals surface area contributed by atoms with Crippen LogP contribution in [0.4, 0.5) is 11.4 Å². The minimum absolute atomic E-state index is 0.0934. The lowest BCUT2D eigenvalue weighted by atomic mass is 10.1. The first kappa shape index (κ1) is 13.6. The number of nitrogens with zero attached hydrogens (tertiary/aromatic N) is 1. The van der Waals surface area contributed by atoms with Crippen molar-refractivity contribution >= 4 is 31.0 Å². The van der Waals surface area contributed by atoms with Gasteiger partial charge in [0.1, 0.15) is 8.07 Å². The van der Waals surface area contributed by atoms with Crippen LogP contribution in [-0.2, 0) is 0 Å². The molecule has 1 aromatic carbocycles. The number of halogens is 1. The van der Waals surface area contributed by atoms with Gasteiger partial charge in [-0.15, -0.1) is 5.54 Å². The maximum atomic E-state index is 10.7. The van der Waals surface area contributed by atoms with Crippen LogP contribution in [0.5, 0.6) is 0 Å². The Morgan fingerprint density at radius 2 is 2.00 bits per heavy atom. The minimum Gasteiger partial charge on any atom is -0.397 e. The molecule has 0 spiro atoms. The molecule has 0 heterocycles. The number of hydrogen-bond acceptors (Lipinski definition) is 3. The van der Waals surface area contributed by atoms with Crippen LogP contribution >= 0.6 is 11.6 Å². The van der Waals surface area contributed by atoms with Gasteiger partial charge in [0.25, 0.3) is 5.69 Å². The maximum absolute atomic E-state index is 10.7. The summed E-state index contributed by atoms with van der Waals surface area (Å²) in [5.74, 6) is 2.89. The van der Waals surface area contributed by atoms with E-state index in [1.807, 2.05) is 0 Å². The first-order valence-electron chi connectivity index (χ1n) is 4.97. The fraction of sp³-hybridized carbons (Fsp3) is 0.273. The van der Waals surface area contributed by atoms with Crippen LogP contribution in [0.1, 0.15) is 5.56 Å². The number of nitrogen functional groups attached to an aromatic ring is 1. The number of nitro groups is 1. The third-order valence-electron chi connectivity index (χ3n) is 1.90. The van der Waals surface area contributed by atoms with Crippen molar-refractivity contribution in [1.29, 1.82) is 0 Å². The van der Waals surface area contributed by atoms with Gasteiger partial charge in [-0.3, -0.25) is 10.1 Å². The van der Waals surface area contributed by atoms with Crippen molar-refractivity contribution in [2.45, 2.75) is 19.6 Å². The molecule has 0 radical (unpaired) electrons. The van der Waals surface area contributed by atoms with Gasteiger partial charge in [-0.2, -0.15) is 0 Å². The summed E-state index contributed by atoms with van der Waals surface area (Å²) in [5.41, 5.74) is 9.46. The molecule has 90 valence electrons. The molecule has 0 saturated heterocycles. The van der Waals surface area contributed by atoms with E-state index < -0.39 is 13.0 Å². The monoisotopic (exact) mass is 268 g/mol. The molecule has 0 amide bonds. The molecule has 1 aromatic rings. The van der Waals surface area contributed by atoms with Crippen molar-refractivity contribution in [3.05, 3.63) is 32.8 Å². The van der Waals surface area contributed by atoms with Gasteiger partial charge in [-0.05, 0) is 0 Å². The van der Waals surface area contributed by atoms with Gasteiger partial charge in [-0.25, -0.2) is 0 Å².